The number of hydrogen-bond acceptors (Lipinski definition) is 9. The summed E-state index contributed by atoms with van der Waals surface area (Å²) in [7, 11) is 0. The fourth-order valence-electron chi connectivity index (χ4n) is 3.28. The second-order valence-corrected chi connectivity index (χ2v) is 11.5. The van der Waals surface area contributed by atoms with Gasteiger partial charge in [-0.15, -0.1) is 0 Å². The molecule has 1 rings (SSSR count). The molecule has 40 heavy (non-hydrogen) atoms. The quantitative estimate of drug-likeness (QED) is 0.160. The summed E-state index contributed by atoms with van der Waals surface area (Å²) in [6.07, 6.45) is -1.12. The van der Waals surface area contributed by atoms with Crippen LogP contribution in [-0.2, 0) is 40.0 Å². The molecular formula is C28H44N4O8. The normalized spacial score (nSPS) is 13.0. The van der Waals surface area contributed by atoms with E-state index in [1.54, 1.807) is 79.7 Å². The number of ether oxygens (including phenoxy) is 3. The first-order chi connectivity index (χ1) is 18.5. The van der Waals surface area contributed by atoms with Crippen LogP contribution in [0.3, 0.4) is 0 Å². The summed E-state index contributed by atoms with van der Waals surface area (Å²) in [5.41, 5.74) is 4.24. The fourth-order valence-corrected chi connectivity index (χ4v) is 3.28. The minimum Gasteiger partial charge on any atom is -0.460 e. The van der Waals surface area contributed by atoms with Crippen LogP contribution in [0.2, 0.25) is 0 Å². The molecule has 3 amide bonds. The SMILES string of the molecule is CC(C)[C@H](NC(=O)[C@H](CCC(=O)OC(C)(C)C)NC(=O)OCc1ccccc1)C(=O)NNCC(=O)OC(C)(C)C. The van der Waals surface area contributed by atoms with E-state index in [9.17, 15) is 24.0 Å². The number of carbonyl (C=O) groups is 5. The molecule has 4 N–H and O–H groups in total. The van der Waals surface area contributed by atoms with Crippen LogP contribution in [0, 0.1) is 5.92 Å². The van der Waals surface area contributed by atoms with Crippen molar-refractivity contribution in [2.45, 2.75) is 98.1 Å². The standard InChI is InChI=1S/C28H44N4O8/c1-18(2)23(25(36)32-29-16-22(34)40-28(6,7)8)31-24(35)20(14-15-21(33)39-27(3,4)5)30-26(37)38-17-19-12-10-9-11-13-19/h9-13,18,20,23,29H,14-17H2,1-8H3,(H,30,37)(H,31,35)(H,32,36)/t20-,23-/m0/s1. The molecule has 0 aliphatic rings. The van der Waals surface area contributed by atoms with Crippen molar-refractivity contribution in [2.24, 2.45) is 5.92 Å². The highest BCUT2D eigenvalue weighted by Gasteiger charge is 2.30. The summed E-state index contributed by atoms with van der Waals surface area (Å²) >= 11 is 0. The Bertz CT molecular complexity index is 1000. The summed E-state index contributed by atoms with van der Waals surface area (Å²) in [5.74, 6) is -2.78. The predicted octanol–water partition coefficient (Wildman–Crippen LogP) is 2.51. The number of hydrogen-bond donors (Lipinski definition) is 4. The van der Waals surface area contributed by atoms with Gasteiger partial charge in [0.2, 0.25) is 5.91 Å². The Morgan fingerprint density at radius 3 is 1.93 bits per heavy atom. The number of alkyl carbamates (subject to hydrolysis) is 1. The fraction of sp³-hybridized carbons (Fsp3) is 0.607. The number of nitrogens with one attached hydrogen (secondary N) is 4. The molecule has 12 nitrogen and oxygen atoms in total. The number of benzene rings is 1. The highest BCUT2D eigenvalue weighted by atomic mass is 16.6. The molecular weight excluding hydrogens is 520 g/mol. The van der Waals surface area contributed by atoms with E-state index in [0.29, 0.717) is 0 Å². The molecule has 0 unspecified atom stereocenters. The molecule has 1 aromatic carbocycles. The van der Waals surface area contributed by atoms with E-state index in [-0.39, 0.29) is 31.9 Å². The van der Waals surface area contributed by atoms with Gasteiger partial charge in [-0.1, -0.05) is 44.2 Å². The Kier molecular flexibility index (Phi) is 13.6. The van der Waals surface area contributed by atoms with Crippen LogP contribution in [0.4, 0.5) is 4.79 Å². The molecule has 0 radical (unpaired) electrons. The molecule has 1 aromatic rings. The van der Waals surface area contributed by atoms with Crippen molar-refractivity contribution in [2.75, 3.05) is 6.54 Å². The summed E-state index contributed by atoms with van der Waals surface area (Å²) in [6, 6.07) is 6.77. The van der Waals surface area contributed by atoms with Gasteiger partial charge in [-0.3, -0.25) is 24.6 Å². The van der Waals surface area contributed by atoms with Crippen LogP contribution in [-0.4, -0.2) is 59.7 Å². The number of hydrazine groups is 1. The highest BCUT2D eigenvalue weighted by Crippen LogP contribution is 2.12. The molecule has 0 saturated heterocycles. The highest BCUT2D eigenvalue weighted by molar-refractivity contribution is 5.91. The second-order valence-electron chi connectivity index (χ2n) is 11.5. The Hall–Kier alpha value is -3.67. The topological polar surface area (TPSA) is 161 Å². The monoisotopic (exact) mass is 564 g/mol. The lowest BCUT2D eigenvalue weighted by molar-refractivity contribution is -0.156. The van der Waals surface area contributed by atoms with Crippen molar-refractivity contribution in [3.63, 3.8) is 0 Å². The van der Waals surface area contributed by atoms with Gasteiger partial charge in [0.25, 0.3) is 5.91 Å². The number of amides is 3. The first-order valence-electron chi connectivity index (χ1n) is 13.2. The van der Waals surface area contributed by atoms with Crippen molar-refractivity contribution < 1.29 is 38.2 Å². The van der Waals surface area contributed by atoms with Gasteiger partial charge in [0.05, 0.1) is 0 Å². The molecule has 12 heteroatoms. The largest absolute Gasteiger partial charge is 0.460 e. The Morgan fingerprint density at radius 2 is 1.38 bits per heavy atom. The maximum Gasteiger partial charge on any atom is 0.408 e. The number of rotatable bonds is 13. The summed E-state index contributed by atoms with van der Waals surface area (Å²) < 4.78 is 15.7. The van der Waals surface area contributed by atoms with Crippen LogP contribution in [0.5, 0.6) is 0 Å². The molecule has 0 heterocycles. The number of carbonyl (C=O) groups excluding carboxylic acids is 5. The molecule has 224 valence electrons. The first-order valence-corrected chi connectivity index (χ1v) is 13.2. The Morgan fingerprint density at radius 1 is 0.800 bits per heavy atom. The smallest absolute Gasteiger partial charge is 0.408 e. The van der Waals surface area contributed by atoms with Crippen molar-refractivity contribution in [3.8, 4) is 0 Å². The lowest BCUT2D eigenvalue weighted by atomic mass is 10.0. The van der Waals surface area contributed by atoms with Gasteiger partial charge < -0.3 is 24.8 Å². The van der Waals surface area contributed by atoms with E-state index < -0.39 is 53.1 Å². The molecule has 0 aromatic heterocycles. The van der Waals surface area contributed by atoms with Gasteiger partial charge in [-0.25, -0.2) is 10.2 Å². The van der Waals surface area contributed by atoms with E-state index >= 15 is 0 Å². The molecule has 0 fully saturated rings. The van der Waals surface area contributed by atoms with Gasteiger partial charge in [0.15, 0.2) is 0 Å². The molecule has 2 atom stereocenters. The van der Waals surface area contributed by atoms with Gasteiger partial charge >= 0.3 is 18.0 Å². The van der Waals surface area contributed by atoms with E-state index in [1.807, 2.05) is 6.07 Å². The van der Waals surface area contributed by atoms with E-state index in [1.165, 1.54) is 0 Å². The molecule has 0 spiro atoms. The minimum atomic E-state index is -1.19. The Labute approximate surface area is 236 Å². The third kappa shape index (κ3) is 15.1. The average Bonchev–Trinajstić information content (AvgIpc) is 2.81. The zero-order valence-corrected chi connectivity index (χ0v) is 24.7. The second kappa shape index (κ2) is 15.8. The summed E-state index contributed by atoms with van der Waals surface area (Å²) in [4.78, 5) is 62.6. The van der Waals surface area contributed by atoms with Crippen LogP contribution < -0.4 is 21.5 Å². The van der Waals surface area contributed by atoms with Crippen LogP contribution in [0.25, 0.3) is 0 Å². The third-order valence-corrected chi connectivity index (χ3v) is 4.99. The van der Waals surface area contributed by atoms with Crippen molar-refractivity contribution in [3.05, 3.63) is 35.9 Å². The van der Waals surface area contributed by atoms with Crippen molar-refractivity contribution in [1.82, 2.24) is 21.5 Å². The summed E-state index contributed by atoms with van der Waals surface area (Å²) in [5, 5.41) is 5.09. The maximum atomic E-state index is 13.2. The van der Waals surface area contributed by atoms with Crippen LogP contribution in [0.1, 0.15) is 73.8 Å². The van der Waals surface area contributed by atoms with Gasteiger partial charge in [-0.2, -0.15) is 0 Å². The van der Waals surface area contributed by atoms with E-state index in [2.05, 4.69) is 21.5 Å². The summed E-state index contributed by atoms with van der Waals surface area (Å²) in [6.45, 7) is 13.5. The minimum absolute atomic E-state index is 0.0204. The Balaban J connectivity index is 2.85. The predicted molar refractivity (Wildman–Crippen MR) is 147 cm³/mol. The van der Waals surface area contributed by atoms with E-state index in [0.717, 1.165) is 5.56 Å². The average molecular weight is 565 g/mol. The first kappa shape index (κ1) is 34.4. The van der Waals surface area contributed by atoms with Gasteiger partial charge in [0.1, 0.15) is 36.4 Å². The van der Waals surface area contributed by atoms with Crippen LogP contribution >= 0.6 is 0 Å². The zero-order chi connectivity index (χ0) is 30.5. The zero-order valence-electron chi connectivity index (χ0n) is 24.7. The van der Waals surface area contributed by atoms with Gasteiger partial charge in [-0.05, 0) is 59.4 Å². The van der Waals surface area contributed by atoms with Crippen molar-refractivity contribution >= 4 is 29.8 Å². The molecule has 0 aliphatic heterocycles. The molecule has 0 saturated carbocycles. The third-order valence-electron chi connectivity index (χ3n) is 4.99. The van der Waals surface area contributed by atoms with E-state index in [4.69, 9.17) is 14.2 Å². The van der Waals surface area contributed by atoms with Gasteiger partial charge in [0, 0.05) is 6.42 Å². The number of esters is 2. The molecule has 0 bridgehead atoms. The lowest BCUT2D eigenvalue weighted by Crippen LogP contribution is -2.57. The lowest BCUT2D eigenvalue weighted by Gasteiger charge is -2.26. The maximum absolute atomic E-state index is 13.2. The van der Waals surface area contributed by atoms with Crippen molar-refractivity contribution in [1.29, 1.82) is 0 Å². The van der Waals surface area contributed by atoms with Crippen LogP contribution in [0.15, 0.2) is 30.3 Å². The molecule has 0 aliphatic carbocycles.